The average Bonchev–Trinajstić information content (AvgIpc) is 3.21. The SMILES string of the molecule is CC(C)Oc1cc2c(=O)c3c4ccc(C#N)cc4[nH]c3n(C(C)C)c2c(F)c1N1C[C@@H](C)N(C)[C@@H](C)C1. The number of likely N-dealkylation sites (N-methyl/N-ethyl adjacent to an activating group) is 1. The summed E-state index contributed by atoms with van der Waals surface area (Å²) in [5, 5.41) is 10.9. The molecule has 1 aliphatic heterocycles. The molecule has 0 amide bonds. The third-order valence-corrected chi connectivity index (χ3v) is 7.60. The molecule has 0 aliphatic carbocycles. The molecule has 0 radical (unpaired) electrons. The summed E-state index contributed by atoms with van der Waals surface area (Å²) in [6.45, 7) is 13.3. The first-order valence-electron chi connectivity index (χ1n) is 12.9. The predicted octanol–water partition coefficient (Wildman–Crippen LogP) is 5.54. The van der Waals surface area contributed by atoms with Crippen molar-refractivity contribution < 1.29 is 9.13 Å². The van der Waals surface area contributed by atoms with Crippen molar-refractivity contribution >= 4 is 38.5 Å². The highest BCUT2D eigenvalue weighted by molar-refractivity contribution is 6.10. The molecule has 0 unspecified atom stereocenters. The minimum absolute atomic E-state index is 0.140. The van der Waals surface area contributed by atoms with Gasteiger partial charge in [0.1, 0.15) is 17.1 Å². The summed E-state index contributed by atoms with van der Waals surface area (Å²) >= 11 is 0. The zero-order valence-electron chi connectivity index (χ0n) is 22.5. The number of aromatic amines is 1. The Bertz CT molecular complexity index is 1620. The Morgan fingerprint density at radius 2 is 1.78 bits per heavy atom. The summed E-state index contributed by atoms with van der Waals surface area (Å²) in [4.78, 5) is 21.7. The van der Waals surface area contributed by atoms with Gasteiger partial charge in [-0.05, 0) is 66.8 Å². The van der Waals surface area contributed by atoms with E-state index >= 15 is 4.39 Å². The zero-order chi connectivity index (χ0) is 26.8. The molecule has 0 spiro atoms. The van der Waals surface area contributed by atoms with E-state index in [4.69, 9.17) is 4.74 Å². The van der Waals surface area contributed by atoms with Gasteiger partial charge in [-0.2, -0.15) is 5.26 Å². The molecule has 1 saturated heterocycles. The first-order valence-corrected chi connectivity index (χ1v) is 12.9. The van der Waals surface area contributed by atoms with Crippen LogP contribution in [0, 0.1) is 17.1 Å². The normalized spacial score (nSPS) is 19.0. The fourth-order valence-corrected chi connectivity index (χ4v) is 5.67. The van der Waals surface area contributed by atoms with Crippen LogP contribution in [0.1, 0.15) is 53.1 Å². The van der Waals surface area contributed by atoms with Crippen LogP contribution >= 0.6 is 0 Å². The summed E-state index contributed by atoms with van der Waals surface area (Å²) in [7, 11) is 2.09. The Kier molecular flexibility index (Phi) is 6.15. The molecule has 7 nitrogen and oxygen atoms in total. The minimum atomic E-state index is -0.443. The van der Waals surface area contributed by atoms with Crippen molar-refractivity contribution in [3.05, 3.63) is 45.9 Å². The quantitative estimate of drug-likeness (QED) is 0.396. The van der Waals surface area contributed by atoms with Crippen molar-refractivity contribution in [2.45, 2.75) is 65.8 Å². The highest BCUT2D eigenvalue weighted by Crippen LogP contribution is 2.41. The van der Waals surface area contributed by atoms with Gasteiger partial charge < -0.3 is 19.2 Å². The number of fused-ring (bicyclic) bond motifs is 4. The number of ether oxygens (including phenoxy) is 1. The van der Waals surface area contributed by atoms with Crippen molar-refractivity contribution in [2.24, 2.45) is 0 Å². The van der Waals surface area contributed by atoms with E-state index < -0.39 is 5.82 Å². The van der Waals surface area contributed by atoms with Crippen LogP contribution in [-0.2, 0) is 0 Å². The van der Waals surface area contributed by atoms with Gasteiger partial charge in [0.15, 0.2) is 11.2 Å². The van der Waals surface area contributed by atoms with Gasteiger partial charge in [-0.15, -0.1) is 0 Å². The molecule has 5 rings (SSSR count). The molecular formula is C29H34FN5O2. The minimum Gasteiger partial charge on any atom is -0.489 e. The number of nitrogens with one attached hydrogen (secondary N) is 1. The maximum absolute atomic E-state index is 16.9. The lowest BCUT2D eigenvalue weighted by Gasteiger charge is -2.44. The molecule has 3 heterocycles. The summed E-state index contributed by atoms with van der Waals surface area (Å²) in [6, 6.07) is 9.40. The first kappa shape index (κ1) is 25.1. The van der Waals surface area contributed by atoms with E-state index in [0.29, 0.717) is 57.4 Å². The second kappa shape index (κ2) is 9.07. The standard InChI is InChI=1S/C29H34FN5O2/c1-15(2)35-26-21(28(36)24-20-9-8-19(12-31)10-22(20)32-29(24)35)11-23(37-16(3)4)27(25(26)30)34-13-17(5)33(7)18(6)14-34/h8-11,15-18,32H,13-14H2,1-7H3/t17-,18+. The first-order chi connectivity index (χ1) is 17.5. The molecule has 2 atom stereocenters. The smallest absolute Gasteiger partial charge is 0.199 e. The number of aromatic nitrogens is 2. The van der Waals surface area contributed by atoms with Crippen LogP contribution in [0.15, 0.2) is 29.1 Å². The predicted molar refractivity (Wildman–Crippen MR) is 147 cm³/mol. The van der Waals surface area contributed by atoms with E-state index in [1.54, 1.807) is 24.3 Å². The third-order valence-electron chi connectivity index (χ3n) is 7.60. The molecule has 194 valence electrons. The number of hydrogen-bond acceptors (Lipinski definition) is 5. The number of anilines is 1. The molecule has 37 heavy (non-hydrogen) atoms. The lowest BCUT2D eigenvalue weighted by Crippen LogP contribution is -2.55. The Balaban J connectivity index is 1.91. The number of benzene rings is 2. The summed E-state index contributed by atoms with van der Waals surface area (Å²) in [5.74, 6) is -0.0523. The van der Waals surface area contributed by atoms with Crippen molar-refractivity contribution in [1.29, 1.82) is 5.26 Å². The van der Waals surface area contributed by atoms with Crippen LogP contribution in [0.2, 0.25) is 0 Å². The molecular weight excluding hydrogens is 469 g/mol. The number of piperazine rings is 1. The maximum Gasteiger partial charge on any atom is 0.199 e. The van der Waals surface area contributed by atoms with Crippen LogP contribution in [0.4, 0.5) is 10.1 Å². The Labute approximate surface area is 216 Å². The van der Waals surface area contributed by atoms with Gasteiger partial charge in [0.2, 0.25) is 0 Å². The number of hydrogen-bond donors (Lipinski definition) is 1. The highest BCUT2D eigenvalue weighted by atomic mass is 19.1. The van der Waals surface area contributed by atoms with E-state index in [0.717, 1.165) is 0 Å². The van der Waals surface area contributed by atoms with E-state index in [1.807, 2.05) is 32.3 Å². The van der Waals surface area contributed by atoms with Crippen molar-refractivity contribution in [3.8, 4) is 11.8 Å². The fourth-order valence-electron chi connectivity index (χ4n) is 5.67. The largest absolute Gasteiger partial charge is 0.489 e. The number of halogens is 1. The van der Waals surface area contributed by atoms with Crippen LogP contribution in [0.3, 0.4) is 0 Å². The van der Waals surface area contributed by atoms with Crippen molar-refractivity contribution in [1.82, 2.24) is 14.5 Å². The van der Waals surface area contributed by atoms with E-state index in [1.165, 1.54) is 0 Å². The zero-order valence-corrected chi connectivity index (χ0v) is 22.5. The van der Waals surface area contributed by atoms with Gasteiger partial charge in [0.25, 0.3) is 0 Å². The number of rotatable bonds is 4. The number of nitrogens with zero attached hydrogens (tertiary/aromatic N) is 4. The van der Waals surface area contributed by atoms with Gasteiger partial charge in [0, 0.05) is 42.1 Å². The Morgan fingerprint density at radius 1 is 1.11 bits per heavy atom. The maximum atomic E-state index is 16.9. The summed E-state index contributed by atoms with van der Waals surface area (Å²) in [5.41, 5.74) is 2.15. The second-order valence-corrected chi connectivity index (χ2v) is 10.9. The lowest BCUT2D eigenvalue weighted by atomic mass is 10.0. The molecule has 0 saturated carbocycles. The number of pyridine rings is 1. The average molecular weight is 504 g/mol. The van der Waals surface area contributed by atoms with Gasteiger partial charge in [-0.25, -0.2) is 4.39 Å². The van der Waals surface area contributed by atoms with Crippen LogP contribution < -0.4 is 15.1 Å². The molecule has 1 fully saturated rings. The monoisotopic (exact) mass is 503 g/mol. The highest BCUT2D eigenvalue weighted by Gasteiger charge is 2.33. The Hall–Kier alpha value is -3.57. The van der Waals surface area contributed by atoms with Gasteiger partial charge >= 0.3 is 0 Å². The molecule has 1 aliphatic rings. The van der Waals surface area contributed by atoms with Gasteiger partial charge in [0.05, 0.1) is 34.0 Å². The molecule has 0 bridgehead atoms. The number of H-pyrrole nitrogens is 1. The lowest BCUT2D eigenvalue weighted by molar-refractivity contribution is 0.168. The van der Waals surface area contributed by atoms with Crippen molar-refractivity contribution in [3.63, 3.8) is 0 Å². The Morgan fingerprint density at radius 3 is 2.38 bits per heavy atom. The summed E-state index contributed by atoms with van der Waals surface area (Å²) in [6.07, 6.45) is -0.188. The molecule has 1 N–H and O–H groups in total. The molecule has 2 aromatic heterocycles. The second-order valence-electron chi connectivity index (χ2n) is 10.9. The van der Waals surface area contributed by atoms with Gasteiger partial charge in [-0.1, -0.05) is 6.07 Å². The number of nitriles is 1. The van der Waals surface area contributed by atoms with Crippen molar-refractivity contribution in [2.75, 3.05) is 25.0 Å². The van der Waals surface area contributed by atoms with E-state index in [-0.39, 0.29) is 35.2 Å². The van der Waals surface area contributed by atoms with E-state index in [9.17, 15) is 10.1 Å². The van der Waals surface area contributed by atoms with E-state index in [2.05, 4.69) is 41.7 Å². The molecule has 8 heteroatoms. The topological polar surface area (TPSA) is 77.3 Å². The van der Waals surface area contributed by atoms with Crippen LogP contribution in [-0.4, -0.2) is 52.8 Å². The third kappa shape index (κ3) is 3.93. The van der Waals surface area contributed by atoms with Crippen LogP contribution in [0.25, 0.3) is 32.8 Å². The van der Waals surface area contributed by atoms with Gasteiger partial charge in [-0.3, -0.25) is 9.69 Å². The molecule has 4 aromatic rings. The van der Waals surface area contributed by atoms with Crippen LogP contribution in [0.5, 0.6) is 5.75 Å². The fraction of sp³-hybridized carbons (Fsp3) is 0.448. The summed E-state index contributed by atoms with van der Waals surface area (Å²) < 4.78 is 24.9. The molecule has 2 aromatic carbocycles.